The van der Waals surface area contributed by atoms with Gasteiger partial charge < -0.3 is 29.7 Å². The Morgan fingerprint density at radius 2 is 1.65 bits per heavy atom. The Hall–Kier alpha value is -4.51. The predicted octanol–water partition coefficient (Wildman–Crippen LogP) is 6.09. The molecular weight excluding hydrogens is 627 g/mol. The molecule has 0 aliphatic carbocycles. The number of hydrogen-bond donors (Lipinski definition) is 2. The quantitative estimate of drug-likeness (QED) is 0.234. The van der Waals surface area contributed by atoms with E-state index < -0.39 is 29.5 Å². The van der Waals surface area contributed by atoms with Crippen LogP contribution in [-0.4, -0.2) is 72.2 Å². The van der Waals surface area contributed by atoms with Crippen LogP contribution < -0.4 is 15.0 Å². The van der Waals surface area contributed by atoms with Crippen LogP contribution >= 0.6 is 0 Å². The number of anilines is 1. The molecule has 11 heteroatoms. The molecule has 10 nitrogen and oxygen atoms in total. The first kappa shape index (κ1) is 37.3. The summed E-state index contributed by atoms with van der Waals surface area (Å²) in [5, 5.41) is 13.3. The van der Waals surface area contributed by atoms with Gasteiger partial charge in [0.2, 0.25) is 0 Å². The number of pyridine rings is 1. The van der Waals surface area contributed by atoms with Crippen LogP contribution in [-0.2, 0) is 32.1 Å². The van der Waals surface area contributed by atoms with Crippen LogP contribution in [0, 0.1) is 18.2 Å². The lowest BCUT2D eigenvalue weighted by Crippen LogP contribution is -2.40. The topological polar surface area (TPSA) is 121 Å². The predicted molar refractivity (Wildman–Crippen MR) is 187 cm³/mol. The SMILES string of the molecule is Cc1nc(CNC(=O)C(=O)N(C)C)c(-c2ccc(OCCc3ccc(F)cc3)cc2)c(N2CCC(C)(C)CC2)c1C(OC(C)(C)C)C(=O)O. The second kappa shape index (κ2) is 15.4. The molecule has 0 radical (unpaired) electrons. The Morgan fingerprint density at radius 1 is 1.04 bits per heavy atom. The van der Waals surface area contributed by atoms with Crippen LogP contribution in [0.2, 0.25) is 0 Å². The summed E-state index contributed by atoms with van der Waals surface area (Å²) in [5.41, 5.74) is 3.78. The summed E-state index contributed by atoms with van der Waals surface area (Å²) < 4.78 is 25.5. The monoisotopic (exact) mass is 676 g/mol. The zero-order valence-corrected chi connectivity index (χ0v) is 29.9. The van der Waals surface area contributed by atoms with Gasteiger partial charge in [-0.15, -0.1) is 0 Å². The van der Waals surface area contributed by atoms with Gasteiger partial charge in [-0.25, -0.2) is 9.18 Å². The molecule has 2 aromatic carbocycles. The van der Waals surface area contributed by atoms with E-state index >= 15 is 0 Å². The fourth-order valence-electron chi connectivity index (χ4n) is 5.86. The Kier molecular flexibility index (Phi) is 11.7. The van der Waals surface area contributed by atoms with Crippen molar-refractivity contribution in [3.63, 3.8) is 0 Å². The van der Waals surface area contributed by atoms with Gasteiger partial charge in [0.05, 0.1) is 30.1 Å². The van der Waals surface area contributed by atoms with E-state index in [1.165, 1.54) is 31.1 Å². The van der Waals surface area contributed by atoms with Gasteiger partial charge in [0.1, 0.15) is 11.6 Å². The Bertz CT molecular complexity index is 1640. The molecule has 3 aromatic rings. The van der Waals surface area contributed by atoms with Crippen LogP contribution in [0.4, 0.5) is 10.1 Å². The van der Waals surface area contributed by atoms with Crippen molar-refractivity contribution in [2.24, 2.45) is 5.41 Å². The number of piperidine rings is 1. The minimum absolute atomic E-state index is 0.0605. The van der Waals surface area contributed by atoms with E-state index in [1.54, 1.807) is 19.1 Å². The molecule has 2 N–H and O–H groups in total. The highest BCUT2D eigenvalue weighted by atomic mass is 19.1. The second-order valence-corrected chi connectivity index (χ2v) is 14.5. The number of rotatable bonds is 11. The molecule has 1 aliphatic rings. The lowest BCUT2D eigenvalue weighted by molar-refractivity contribution is -0.160. The largest absolute Gasteiger partial charge is 0.493 e. The standard InChI is InChI=1S/C38H49FN4O6/c1-24-30(33(36(46)47)49-37(2,3)4)32(43-20-18-38(5,6)19-21-43)31(29(41-24)23-40-34(44)35(45)42(7)8)26-11-15-28(16-12-26)48-22-17-25-9-13-27(39)14-10-25/h9-16,33H,17-23H2,1-8H3,(H,40,44)(H,46,47). The molecule has 1 unspecified atom stereocenters. The molecule has 1 aliphatic heterocycles. The number of carboxylic acids is 1. The van der Waals surface area contributed by atoms with E-state index in [0.717, 1.165) is 24.0 Å². The maximum atomic E-state index is 13.3. The number of aromatic nitrogens is 1. The van der Waals surface area contributed by atoms with Crippen molar-refractivity contribution >= 4 is 23.5 Å². The number of carbonyl (C=O) groups is 3. The molecule has 1 atom stereocenters. The molecule has 1 saturated heterocycles. The van der Waals surface area contributed by atoms with E-state index in [2.05, 4.69) is 24.1 Å². The van der Waals surface area contributed by atoms with Crippen LogP contribution in [0.1, 0.15) is 76.1 Å². The van der Waals surface area contributed by atoms with Gasteiger partial charge in [-0.05, 0) is 81.3 Å². The van der Waals surface area contributed by atoms with Crippen LogP contribution in [0.15, 0.2) is 48.5 Å². The second-order valence-electron chi connectivity index (χ2n) is 14.5. The van der Waals surface area contributed by atoms with Gasteiger partial charge in [0, 0.05) is 50.4 Å². The number of halogens is 1. The van der Waals surface area contributed by atoms with E-state index in [9.17, 15) is 23.9 Å². The number of aryl methyl sites for hydroxylation is 1. The van der Waals surface area contributed by atoms with Crippen molar-refractivity contribution in [1.29, 1.82) is 0 Å². The first-order valence-electron chi connectivity index (χ1n) is 16.6. The van der Waals surface area contributed by atoms with Crippen molar-refractivity contribution in [2.45, 2.75) is 79.1 Å². The molecule has 2 heterocycles. The van der Waals surface area contributed by atoms with E-state index in [0.29, 0.717) is 60.1 Å². The van der Waals surface area contributed by atoms with Crippen molar-refractivity contribution in [3.05, 3.63) is 76.9 Å². The molecule has 0 spiro atoms. The number of nitrogens with one attached hydrogen (secondary N) is 1. The normalized spacial score (nSPS) is 15.0. The van der Waals surface area contributed by atoms with Crippen LogP contribution in [0.3, 0.4) is 0 Å². The highest BCUT2D eigenvalue weighted by molar-refractivity contribution is 6.34. The summed E-state index contributed by atoms with van der Waals surface area (Å²) in [6.45, 7) is 13.3. The van der Waals surface area contributed by atoms with Gasteiger partial charge in [0.25, 0.3) is 0 Å². The minimum atomic E-state index is -1.32. The zero-order chi connectivity index (χ0) is 36.1. The molecule has 4 rings (SSSR count). The first-order chi connectivity index (χ1) is 23.0. The Morgan fingerprint density at radius 3 is 2.20 bits per heavy atom. The molecule has 1 aromatic heterocycles. The van der Waals surface area contributed by atoms with Crippen molar-refractivity contribution in [1.82, 2.24) is 15.2 Å². The third kappa shape index (κ3) is 9.78. The third-order valence-corrected chi connectivity index (χ3v) is 8.60. The number of hydrogen-bond acceptors (Lipinski definition) is 7. The van der Waals surface area contributed by atoms with Gasteiger partial charge in [-0.2, -0.15) is 0 Å². The number of nitrogens with zero attached hydrogens (tertiary/aromatic N) is 3. The molecule has 264 valence electrons. The molecule has 0 bridgehead atoms. The van der Waals surface area contributed by atoms with Gasteiger partial charge >= 0.3 is 17.8 Å². The Labute approximate surface area is 288 Å². The first-order valence-corrected chi connectivity index (χ1v) is 16.6. The van der Waals surface area contributed by atoms with E-state index in [-0.39, 0.29) is 17.8 Å². The fraction of sp³-hybridized carbons (Fsp3) is 0.474. The van der Waals surface area contributed by atoms with E-state index in [4.69, 9.17) is 14.5 Å². The molecule has 49 heavy (non-hydrogen) atoms. The van der Waals surface area contributed by atoms with Gasteiger partial charge in [-0.1, -0.05) is 38.1 Å². The number of benzene rings is 2. The Balaban J connectivity index is 1.83. The molecule has 2 amide bonds. The summed E-state index contributed by atoms with van der Waals surface area (Å²) in [6, 6.07) is 13.7. The van der Waals surface area contributed by atoms with Crippen molar-refractivity contribution in [2.75, 3.05) is 38.7 Å². The average Bonchev–Trinajstić information content (AvgIpc) is 3.03. The number of ether oxygens (including phenoxy) is 2. The van der Waals surface area contributed by atoms with Crippen molar-refractivity contribution < 1.29 is 33.4 Å². The lowest BCUT2D eigenvalue weighted by atomic mass is 9.81. The number of aliphatic carboxylic acids is 1. The van der Waals surface area contributed by atoms with Crippen molar-refractivity contribution in [3.8, 4) is 16.9 Å². The zero-order valence-electron chi connectivity index (χ0n) is 29.9. The number of likely N-dealkylation sites (N-methyl/N-ethyl adjacent to an activating group) is 1. The van der Waals surface area contributed by atoms with Gasteiger partial charge in [0.15, 0.2) is 6.10 Å². The van der Waals surface area contributed by atoms with Crippen LogP contribution in [0.5, 0.6) is 5.75 Å². The summed E-state index contributed by atoms with van der Waals surface area (Å²) >= 11 is 0. The van der Waals surface area contributed by atoms with E-state index in [1.807, 2.05) is 45.0 Å². The maximum Gasteiger partial charge on any atom is 0.337 e. The molecule has 1 fully saturated rings. The fourth-order valence-corrected chi connectivity index (χ4v) is 5.86. The molecular formula is C38H49FN4O6. The summed E-state index contributed by atoms with van der Waals surface area (Å²) in [5.74, 6) is -2.26. The number of carbonyl (C=O) groups excluding carboxylic acids is 2. The average molecular weight is 677 g/mol. The maximum absolute atomic E-state index is 13.3. The summed E-state index contributed by atoms with van der Waals surface area (Å²) in [7, 11) is 3.01. The lowest BCUT2D eigenvalue weighted by Gasteiger charge is -2.41. The minimum Gasteiger partial charge on any atom is -0.493 e. The highest BCUT2D eigenvalue weighted by Crippen LogP contribution is 2.45. The number of carboxylic acid groups (broad SMARTS) is 1. The molecule has 0 saturated carbocycles. The van der Waals surface area contributed by atoms with Crippen LogP contribution in [0.25, 0.3) is 11.1 Å². The summed E-state index contributed by atoms with van der Waals surface area (Å²) in [6.07, 6.45) is 1.05. The third-order valence-electron chi connectivity index (χ3n) is 8.60. The summed E-state index contributed by atoms with van der Waals surface area (Å²) in [4.78, 5) is 46.4. The highest BCUT2D eigenvalue weighted by Gasteiger charge is 2.37. The van der Waals surface area contributed by atoms with Gasteiger partial charge in [-0.3, -0.25) is 14.6 Å². The number of amides is 2. The smallest absolute Gasteiger partial charge is 0.337 e.